The van der Waals surface area contributed by atoms with Crippen molar-refractivity contribution in [3.05, 3.63) is 33.3 Å². The molecule has 1 saturated carbocycles. The van der Waals surface area contributed by atoms with Gasteiger partial charge < -0.3 is 4.90 Å². The SMILES string of the molecule is CCn1cc(Cl)c(CN(C)C(=O)CCn2nc(C(F)(F)F)c(Cl)c2C2CC2)n1. The Hall–Kier alpha value is -1.74. The van der Waals surface area contributed by atoms with Crippen LogP contribution >= 0.6 is 23.2 Å². The molecular formula is C17H20Cl2F3N5O. The smallest absolute Gasteiger partial charge is 0.340 e. The van der Waals surface area contributed by atoms with E-state index in [1.165, 1.54) is 9.58 Å². The molecule has 0 atom stereocenters. The zero-order valence-corrected chi connectivity index (χ0v) is 16.9. The highest BCUT2D eigenvalue weighted by Crippen LogP contribution is 2.46. The molecule has 28 heavy (non-hydrogen) atoms. The Morgan fingerprint density at radius 2 is 2.00 bits per heavy atom. The highest BCUT2D eigenvalue weighted by molar-refractivity contribution is 6.32. The van der Waals surface area contributed by atoms with Crippen LogP contribution in [0, 0.1) is 0 Å². The van der Waals surface area contributed by atoms with Crippen molar-refractivity contribution in [3.63, 3.8) is 0 Å². The number of nitrogens with zero attached hydrogens (tertiary/aromatic N) is 5. The highest BCUT2D eigenvalue weighted by atomic mass is 35.5. The van der Waals surface area contributed by atoms with Gasteiger partial charge in [-0.2, -0.15) is 23.4 Å². The summed E-state index contributed by atoms with van der Waals surface area (Å²) in [4.78, 5) is 13.9. The molecule has 2 aromatic heterocycles. The predicted molar refractivity (Wildman–Crippen MR) is 98.2 cm³/mol. The Morgan fingerprint density at radius 1 is 1.32 bits per heavy atom. The van der Waals surface area contributed by atoms with E-state index in [1.54, 1.807) is 17.9 Å². The molecular weight excluding hydrogens is 418 g/mol. The van der Waals surface area contributed by atoms with Crippen LogP contribution in [0.25, 0.3) is 0 Å². The van der Waals surface area contributed by atoms with Gasteiger partial charge in [0.05, 0.1) is 28.8 Å². The number of amides is 1. The summed E-state index contributed by atoms with van der Waals surface area (Å²) in [5.41, 5.74) is -0.150. The zero-order valence-electron chi connectivity index (χ0n) is 15.4. The van der Waals surface area contributed by atoms with Gasteiger partial charge >= 0.3 is 6.18 Å². The van der Waals surface area contributed by atoms with Crippen molar-refractivity contribution in [2.75, 3.05) is 7.05 Å². The molecule has 154 valence electrons. The Morgan fingerprint density at radius 3 is 2.54 bits per heavy atom. The third-order valence-electron chi connectivity index (χ3n) is 4.63. The average molecular weight is 438 g/mol. The molecule has 0 unspecified atom stereocenters. The van der Waals surface area contributed by atoms with Gasteiger partial charge in [-0.1, -0.05) is 23.2 Å². The second kappa shape index (κ2) is 7.94. The number of carbonyl (C=O) groups is 1. The quantitative estimate of drug-likeness (QED) is 0.646. The highest BCUT2D eigenvalue weighted by Gasteiger charge is 2.42. The topological polar surface area (TPSA) is 56.0 Å². The van der Waals surface area contributed by atoms with E-state index in [-0.39, 0.29) is 36.4 Å². The van der Waals surface area contributed by atoms with E-state index in [9.17, 15) is 18.0 Å². The van der Waals surface area contributed by atoms with E-state index >= 15 is 0 Å². The minimum atomic E-state index is -4.62. The summed E-state index contributed by atoms with van der Waals surface area (Å²) in [5.74, 6) is -0.273. The van der Waals surface area contributed by atoms with Gasteiger partial charge in [-0.05, 0) is 19.8 Å². The number of hydrogen-bond donors (Lipinski definition) is 0. The van der Waals surface area contributed by atoms with Gasteiger partial charge in [-0.25, -0.2) is 0 Å². The molecule has 0 N–H and O–H groups in total. The first-order valence-electron chi connectivity index (χ1n) is 8.91. The first kappa shape index (κ1) is 21.0. The van der Waals surface area contributed by atoms with E-state index in [4.69, 9.17) is 23.2 Å². The van der Waals surface area contributed by atoms with Crippen LogP contribution < -0.4 is 0 Å². The number of hydrogen-bond acceptors (Lipinski definition) is 3. The van der Waals surface area contributed by atoms with Crippen LogP contribution in [0.15, 0.2) is 6.20 Å². The molecule has 2 heterocycles. The molecule has 2 aromatic rings. The minimum Gasteiger partial charge on any atom is -0.340 e. The van der Waals surface area contributed by atoms with Crippen molar-refractivity contribution in [1.29, 1.82) is 0 Å². The number of halogens is 5. The second-order valence-corrected chi connectivity index (χ2v) is 7.61. The standard InChI is InChI=1S/C17H20Cl2F3N5O/c1-3-26-8-11(18)12(23-26)9-25(2)13(28)6-7-27-15(10-4-5-10)14(19)16(24-27)17(20,21)22/h8,10H,3-7,9H2,1-2H3. The molecule has 6 nitrogen and oxygen atoms in total. The fourth-order valence-corrected chi connectivity index (χ4v) is 3.57. The lowest BCUT2D eigenvalue weighted by Gasteiger charge is -2.16. The van der Waals surface area contributed by atoms with Gasteiger partial charge in [0, 0.05) is 32.1 Å². The monoisotopic (exact) mass is 437 g/mol. The first-order chi connectivity index (χ1) is 13.1. The molecule has 1 aliphatic carbocycles. The molecule has 1 aliphatic rings. The average Bonchev–Trinajstić information content (AvgIpc) is 3.30. The van der Waals surface area contributed by atoms with Crippen molar-refractivity contribution in [2.45, 2.75) is 57.9 Å². The zero-order chi connectivity index (χ0) is 20.6. The number of carbonyl (C=O) groups excluding carboxylic acids is 1. The van der Waals surface area contributed by atoms with Gasteiger partial charge in [0.2, 0.25) is 5.91 Å². The van der Waals surface area contributed by atoms with E-state index in [1.807, 2.05) is 6.92 Å². The predicted octanol–water partition coefficient (Wildman–Crippen LogP) is 4.35. The van der Waals surface area contributed by atoms with E-state index in [0.717, 1.165) is 12.8 Å². The number of rotatable bonds is 7. The minimum absolute atomic E-state index is 0.00235. The molecule has 1 fully saturated rings. The molecule has 0 aliphatic heterocycles. The van der Waals surface area contributed by atoms with E-state index in [2.05, 4.69) is 10.2 Å². The number of aromatic nitrogens is 4. The van der Waals surface area contributed by atoms with Crippen molar-refractivity contribution >= 4 is 29.1 Å². The molecule has 0 aromatic carbocycles. The van der Waals surface area contributed by atoms with Crippen LogP contribution in [0.3, 0.4) is 0 Å². The lowest BCUT2D eigenvalue weighted by Crippen LogP contribution is -2.27. The summed E-state index contributed by atoms with van der Waals surface area (Å²) >= 11 is 12.1. The third-order valence-corrected chi connectivity index (χ3v) is 5.31. The van der Waals surface area contributed by atoms with Crippen LogP contribution in [-0.2, 0) is 30.6 Å². The fourth-order valence-electron chi connectivity index (χ4n) is 2.96. The molecule has 11 heteroatoms. The van der Waals surface area contributed by atoms with Gasteiger partial charge in [0.25, 0.3) is 0 Å². The summed E-state index contributed by atoms with van der Waals surface area (Å²) in [7, 11) is 1.60. The first-order valence-corrected chi connectivity index (χ1v) is 9.66. The Balaban J connectivity index is 1.68. The molecule has 0 bridgehead atoms. The normalized spacial score (nSPS) is 14.5. The van der Waals surface area contributed by atoms with Crippen LogP contribution in [-0.4, -0.2) is 37.4 Å². The summed E-state index contributed by atoms with van der Waals surface area (Å²) in [6.45, 7) is 2.82. The van der Waals surface area contributed by atoms with Gasteiger partial charge in [-0.15, -0.1) is 0 Å². The van der Waals surface area contributed by atoms with Gasteiger partial charge in [0.15, 0.2) is 5.69 Å². The van der Waals surface area contributed by atoms with E-state index < -0.39 is 11.9 Å². The molecule has 0 saturated heterocycles. The fraction of sp³-hybridized carbons (Fsp3) is 0.588. The molecule has 0 spiro atoms. The maximum Gasteiger partial charge on any atom is 0.436 e. The summed E-state index contributed by atoms with van der Waals surface area (Å²) < 4.78 is 42.2. The number of aryl methyl sites for hydroxylation is 2. The maximum absolute atomic E-state index is 13.1. The Kier molecular flexibility index (Phi) is 5.95. The van der Waals surface area contributed by atoms with Gasteiger partial charge in [-0.3, -0.25) is 14.2 Å². The van der Waals surface area contributed by atoms with Crippen molar-refractivity contribution in [3.8, 4) is 0 Å². The number of alkyl halides is 3. The Labute approximate surface area is 170 Å². The molecule has 0 radical (unpaired) electrons. The summed E-state index contributed by atoms with van der Waals surface area (Å²) in [6.07, 6.45) is -1.40. The Bertz CT molecular complexity index is 873. The summed E-state index contributed by atoms with van der Waals surface area (Å²) in [6, 6.07) is 0. The van der Waals surface area contributed by atoms with Crippen molar-refractivity contribution in [1.82, 2.24) is 24.5 Å². The van der Waals surface area contributed by atoms with Crippen molar-refractivity contribution in [2.24, 2.45) is 0 Å². The summed E-state index contributed by atoms with van der Waals surface area (Å²) in [5, 5.41) is 8.04. The van der Waals surface area contributed by atoms with Crippen LogP contribution in [0.5, 0.6) is 0 Å². The van der Waals surface area contributed by atoms with Crippen LogP contribution in [0.2, 0.25) is 10.0 Å². The van der Waals surface area contributed by atoms with Gasteiger partial charge in [0.1, 0.15) is 5.69 Å². The lowest BCUT2D eigenvalue weighted by atomic mass is 10.2. The molecule has 1 amide bonds. The van der Waals surface area contributed by atoms with E-state index in [0.29, 0.717) is 23.0 Å². The van der Waals surface area contributed by atoms with Crippen LogP contribution in [0.1, 0.15) is 49.2 Å². The lowest BCUT2D eigenvalue weighted by molar-refractivity contribution is -0.141. The largest absolute Gasteiger partial charge is 0.436 e. The third kappa shape index (κ3) is 4.46. The second-order valence-electron chi connectivity index (χ2n) is 6.82. The maximum atomic E-state index is 13.1. The van der Waals surface area contributed by atoms with Crippen molar-refractivity contribution < 1.29 is 18.0 Å². The molecule has 3 rings (SSSR count). The van der Waals surface area contributed by atoms with Crippen LogP contribution in [0.4, 0.5) is 13.2 Å².